The van der Waals surface area contributed by atoms with Crippen molar-refractivity contribution in [1.82, 2.24) is 19.2 Å². The SMILES string of the molecule is Cc1nc(C(C)(F)F)ncc1S(=O)(=O)N1CC2(CN(C[C@@H]3CCOC3)C2)C1. The van der Waals surface area contributed by atoms with Crippen LogP contribution >= 0.6 is 0 Å². The average Bonchev–Trinajstić information content (AvgIpc) is 2.99. The van der Waals surface area contributed by atoms with Gasteiger partial charge in [0.25, 0.3) is 0 Å². The second-order valence-electron chi connectivity index (χ2n) is 8.20. The van der Waals surface area contributed by atoms with Gasteiger partial charge in [-0.05, 0) is 19.3 Å². The molecule has 4 rings (SSSR count). The van der Waals surface area contributed by atoms with Crippen LogP contribution in [0.25, 0.3) is 0 Å². The highest BCUT2D eigenvalue weighted by Crippen LogP contribution is 2.43. The smallest absolute Gasteiger partial charge is 0.303 e. The van der Waals surface area contributed by atoms with Gasteiger partial charge in [0.1, 0.15) is 4.90 Å². The van der Waals surface area contributed by atoms with E-state index in [0.717, 1.165) is 45.5 Å². The first-order chi connectivity index (χ1) is 12.6. The largest absolute Gasteiger partial charge is 0.381 e. The molecule has 3 aliphatic heterocycles. The molecule has 4 heterocycles. The minimum absolute atomic E-state index is 0.0255. The van der Waals surface area contributed by atoms with E-state index in [1.165, 1.54) is 11.2 Å². The molecule has 1 aromatic rings. The van der Waals surface area contributed by atoms with Gasteiger partial charge in [0.15, 0.2) is 5.82 Å². The number of likely N-dealkylation sites (tertiary alicyclic amines) is 1. The zero-order chi connectivity index (χ0) is 19.4. The standard InChI is InChI=1S/C17H24F2N4O3S/c1-12-14(5-20-15(21-12)16(2,18)19)27(24,25)23-10-17(11-23)8-22(9-17)6-13-3-4-26-7-13/h5,13H,3-4,6-11H2,1-2H3/t13-/m0/s1. The summed E-state index contributed by atoms with van der Waals surface area (Å²) in [6.45, 7) is 7.47. The molecule has 150 valence electrons. The fourth-order valence-corrected chi connectivity index (χ4v) is 6.03. The third-order valence-electron chi connectivity index (χ3n) is 5.63. The van der Waals surface area contributed by atoms with Gasteiger partial charge < -0.3 is 9.64 Å². The summed E-state index contributed by atoms with van der Waals surface area (Å²) in [4.78, 5) is 9.54. The lowest BCUT2D eigenvalue weighted by Gasteiger charge is -2.60. The Labute approximate surface area is 157 Å². The van der Waals surface area contributed by atoms with Crippen LogP contribution in [-0.2, 0) is 20.7 Å². The van der Waals surface area contributed by atoms with Crippen molar-refractivity contribution in [2.45, 2.75) is 31.1 Å². The van der Waals surface area contributed by atoms with Crippen LogP contribution in [0, 0.1) is 18.3 Å². The molecule has 0 amide bonds. The summed E-state index contributed by atoms with van der Waals surface area (Å²) in [7, 11) is -3.76. The van der Waals surface area contributed by atoms with Crippen LogP contribution < -0.4 is 0 Å². The van der Waals surface area contributed by atoms with Crippen LogP contribution in [0.5, 0.6) is 0 Å². The van der Waals surface area contributed by atoms with Crippen molar-refractivity contribution in [3.05, 3.63) is 17.7 Å². The Morgan fingerprint density at radius 2 is 2.04 bits per heavy atom. The molecule has 0 aliphatic carbocycles. The second kappa shape index (κ2) is 6.40. The maximum Gasteiger partial charge on any atom is 0.303 e. The molecule has 3 fully saturated rings. The molecular weight excluding hydrogens is 378 g/mol. The lowest BCUT2D eigenvalue weighted by Crippen LogP contribution is -2.73. The van der Waals surface area contributed by atoms with Crippen molar-refractivity contribution >= 4 is 10.0 Å². The Balaban J connectivity index is 1.38. The fraction of sp³-hybridized carbons (Fsp3) is 0.765. The van der Waals surface area contributed by atoms with E-state index in [4.69, 9.17) is 4.74 Å². The lowest BCUT2D eigenvalue weighted by atomic mass is 9.74. The zero-order valence-electron chi connectivity index (χ0n) is 15.5. The topological polar surface area (TPSA) is 75.6 Å². The summed E-state index contributed by atoms with van der Waals surface area (Å²) in [6.07, 6.45) is 2.10. The van der Waals surface area contributed by atoms with Gasteiger partial charge in [0.2, 0.25) is 10.0 Å². The Kier molecular flexibility index (Phi) is 4.53. The Bertz CT molecular complexity index is 823. The van der Waals surface area contributed by atoms with Crippen molar-refractivity contribution in [2.24, 2.45) is 11.3 Å². The highest BCUT2D eigenvalue weighted by atomic mass is 32.2. The molecule has 0 N–H and O–H groups in total. The predicted octanol–water partition coefficient (Wildman–Crippen LogP) is 1.24. The summed E-state index contributed by atoms with van der Waals surface area (Å²) in [6, 6.07) is 0. The minimum Gasteiger partial charge on any atom is -0.381 e. The number of ether oxygens (including phenoxy) is 1. The first-order valence-corrected chi connectivity index (χ1v) is 10.6. The predicted molar refractivity (Wildman–Crippen MR) is 92.9 cm³/mol. The molecule has 1 spiro atoms. The number of sulfonamides is 1. The van der Waals surface area contributed by atoms with E-state index in [9.17, 15) is 17.2 Å². The Hall–Kier alpha value is -1.23. The number of aryl methyl sites for hydroxylation is 1. The normalized spacial score (nSPS) is 26.1. The van der Waals surface area contributed by atoms with Gasteiger partial charge in [-0.3, -0.25) is 0 Å². The summed E-state index contributed by atoms with van der Waals surface area (Å²) in [5.41, 5.74) is 0.0801. The molecule has 0 aromatic carbocycles. The van der Waals surface area contributed by atoms with Gasteiger partial charge in [-0.25, -0.2) is 18.4 Å². The molecule has 1 aromatic heterocycles. The van der Waals surface area contributed by atoms with Crippen LogP contribution in [0.4, 0.5) is 8.78 Å². The summed E-state index contributed by atoms with van der Waals surface area (Å²) < 4.78 is 59.1. The number of aromatic nitrogens is 2. The Morgan fingerprint density at radius 1 is 1.33 bits per heavy atom. The van der Waals surface area contributed by atoms with E-state index in [2.05, 4.69) is 14.9 Å². The number of alkyl halides is 2. The maximum atomic E-state index is 13.3. The average molecular weight is 402 g/mol. The maximum absolute atomic E-state index is 13.3. The van der Waals surface area contributed by atoms with Crippen LogP contribution in [0.2, 0.25) is 0 Å². The molecule has 3 saturated heterocycles. The second-order valence-corrected chi connectivity index (χ2v) is 10.1. The number of nitrogens with zero attached hydrogens (tertiary/aromatic N) is 4. The van der Waals surface area contributed by atoms with Crippen LogP contribution in [0.15, 0.2) is 11.1 Å². The van der Waals surface area contributed by atoms with Crippen molar-refractivity contribution in [3.63, 3.8) is 0 Å². The van der Waals surface area contributed by atoms with Crippen molar-refractivity contribution < 1.29 is 21.9 Å². The van der Waals surface area contributed by atoms with Crippen molar-refractivity contribution in [2.75, 3.05) is 45.9 Å². The van der Waals surface area contributed by atoms with Crippen molar-refractivity contribution in [1.29, 1.82) is 0 Å². The van der Waals surface area contributed by atoms with Crippen LogP contribution in [0.3, 0.4) is 0 Å². The minimum atomic E-state index is -3.76. The molecular formula is C17H24F2N4O3S. The van der Waals surface area contributed by atoms with Crippen LogP contribution in [0.1, 0.15) is 24.9 Å². The van der Waals surface area contributed by atoms with Crippen LogP contribution in [-0.4, -0.2) is 73.5 Å². The fourth-order valence-electron chi connectivity index (χ4n) is 4.26. The van der Waals surface area contributed by atoms with Gasteiger partial charge in [0, 0.05) is 51.7 Å². The molecule has 7 nitrogen and oxygen atoms in total. The number of hydrogen-bond acceptors (Lipinski definition) is 6. The van der Waals surface area contributed by atoms with E-state index in [0.29, 0.717) is 25.9 Å². The van der Waals surface area contributed by atoms with E-state index >= 15 is 0 Å². The van der Waals surface area contributed by atoms with E-state index in [1.54, 1.807) is 0 Å². The van der Waals surface area contributed by atoms with Gasteiger partial charge in [-0.1, -0.05) is 0 Å². The van der Waals surface area contributed by atoms with E-state index in [-0.39, 0.29) is 16.0 Å². The molecule has 0 radical (unpaired) electrons. The highest BCUT2D eigenvalue weighted by molar-refractivity contribution is 7.89. The summed E-state index contributed by atoms with van der Waals surface area (Å²) in [5, 5.41) is 0. The molecule has 3 aliphatic rings. The highest BCUT2D eigenvalue weighted by Gasteiger charge is 2.55. The molecule has 27 heavy (non-hydrogen) atoms. The van der Waals surface area contributed by atoms with Crippen molar-refractivity contribution in [3.8, 4) is 0 Å². The summed E-state index contributed by atoms with van der Waals surface area (Å²) in [5.74, 6) is -3.28. The van der Waals surface area contributed by atoms with Gasteiger partial charge in [0.05, 0.1) is 18.5 Å². The number of hydrogen-bond donors (Lipinski definition) is 0. The first kappa shape index (κ1) is 19.1. The quantitative estimate of drug-likeness (QED) is 0.738. The third-order valence-corrected chi connectivity index (χ3v) is 7.52. The molecule has 1 atom stereocenters. The summed E-state index contributed by atoms with van der Waals surface area (Å²) >= 11 is 0. The Morgan fingerprint density at radius 3 is 2.59 bits per heavy atom. The molecule has 0 bridgehead atoms. The lowest BCUT2D eigenvalue weighted by molar-refractivity contribution is -0.0860. The van der Waals surface area contributed by atoms with Gasteiger partial charge >= 0.3 is 5.92 Å². The molecule has 0 saturated carbocycles. The zero-order valence-corrected chi connectivity index (χ0v) is 16.3. The monoisotopic (exact) mass is 402 g/mol. The number of halogens is 2. The van der Waals surface area contributed by atoms with E-state index < -0.39 is 21.8 Å². The van der Waals surface area contributed by atoms with E-state index in [1.807, 2.05) is 0 Å². The first-order valence-electron chi connectivity index (χ1n) is 9.11. The third kappa shape index (κ3) is 3.48. The van der Waals surface area contributed by atoms with Gasteiger partial charge in [-0.15, -0.1) is 0 Å². The number of rotatable bonds is 5. The molecule has 10 heteroatoms. The molecule has 0 unspecified atom stereocenters. The van der Waals surface area contributed by atoms with Gasteiger partial charge in [-0.2, -0.15) is 13.1 Å².